The molecule has 0 aliphatic heterocycles. The minimum absolute atomic E-state index is 0.0800. The number of carbonyl (C=O) groups excluding carboxylic acids is 1. The van der Waals surface area contributed by atoms with Crippen LogP contribution in [-0.4, -0.2) is 43.9 Å². The van der Waals surface area contributed by atoms with Crippen molar-refractivity contribution >= 4 is 17.5 Å². The van der Waals surface area contributed by atoms with E-state index in [1.807, 2.05) is 86.6 Å². The molecular weight excluding hydrogens is 388 g/mol. The van der Waals surface area contributed by atoms with Crippen LogP contribution in [-0.2, 0) is 0 Å². The van der Waals surface area contributed by atoms with Gasteiger partial charge in [0, 0.05) is 18.7 Å². The van der Waals surface area contributed by atoms with Crippen LogP contribution in [0.3, 0.4) is 0 Å². The molecule has 0 fully saturated rings. The van der Waals surface area contributed by atoms with E-state index in [4.69, 9.17) is 0 Å². The predicted molar refractivity (Wildman–Crippen MR) is 122 cm³/mol. The summed E-state index contributed by atoms with van der Waals surface area (Å²) in [6, 6.07) is 23.3. The molecule has 0 spiro atoms. The molecule has 2 heterocycles. The molecule has 0 radical (unpaired) electrons. The predicted octanol–water partition coefficient (Wildman–Crippen LogP) is 4.55. The summed E-state index contributed by atoms with van der Waals surface area (Å²) in [5, 5.41) is 16.4. The number of aromatic nitrogens is 4. The molecule has 0 saturated carbocycles. The van der Waals surface area contributed by atoms with Crippen LogP contribution in [0.1, 0.15) is 24.2 Å². The molecule has 4 rings (SSSR count). The van der Waals surface area contributed by atoms with Crippen LogP contribution in [0.2, 0.25) is 0 Å². The maximum atomic E-state index is 13.1. The Morgan fingerprint density at radius 3 is 2.19 bits per heavy atom. The summed E-state index contributed by atoms with van der Waals surface area (Å²) in [6.07, 6.45) is 1.60. The molecule has 2 aromatic carbocycles. The number of benzene rings is 2. The van der Waals surface area contributed by atoms with E-state index in [9.17, 15) is 4.79 Å². The van der Waals surface area contributed by atoms with Crippen molar-refractivity contribution in [2.24, 2.45) is 0 Å². The third kappa shape index (κ3) is 4.30. The fourth-order valence-corrected chi connectivity index (χ4v) is 3.35. The summed E-state index contributed by atoms with van der Waals surface area (Å²) in [6.45, 7) is 5.17. The van der Waals surface area contributed by atoms with Gasteiger partial charge in [0.2, 0.25) is 0 Å². The van der Waals surface area contributed by atoms with E-state index < -0.39 is 0 Å². The van der Waals surface area contributed by atoms with E-state index in [1.54, 1.807) is 15.8 Å². The Hall–Kier alpha value is -4.00. The number of nitrogens with zero attached hydrogens (tertiary/aromatic N) is 5. The Bertz CT molecular complexity index is 1140. The highest BCUT2D eigenvalue weighted by Gasteiger charge is 2.22. The zero-order chi connectivity index (χ0) is 21.6. The van der Waals surface area contributed by atoms with Gasteiger partial charge in [-0.1, -0.05) is 48.5 Å². The fourth-order valence-electron chi connectivity index (χ4n) is 3.35. The molecule has 0 aliphatic carbocycles. The third-order valence-corrected chi connectivity index (χ3v) is 5.03. The van der Waals surface area contributed by atoms with E-state index >= 15 is 0 Å². The van der Waals surface area contributed by atoms with E-state index in [0.717, 1.165) is 16.9 Å². The van der Waals surface area contributed by atoms with E-state index in [1.165, 1.54) is 0 Å². The SMILES string of the molecule is CCN(CC)C(=O)c1cnn(-c2ccccc2)c1Nc1ccc(-c2ccccc2)nn1. The van der Waals surface area contributed by atoms with Gasteiger partial charge in [0.15, 0.2) is 5.82 Å². The molecule has 2 aromatic heterocycles. The summed E-state index contributed by atoms with van der Waals surface area (Å²) in [5.74, 6) is 1.01. The number of para-hydroxylation sites is 1. The van der Waals surface area contributed by atoms with Gasteiger partial charge in [-0.15, -0.1) is 10.2 Å². The van der Waals surface area contributed by atoms with Gasteiger partial charge in [0.1, 0.15) is 11.4 Å². The smallest absolute Gasteiger partial charge is 0.259 e. The highest BCUT2D eigenvalue weighted by molar-refractivity contribution is 5.99. The van der Waals surface area contributed by atoms with Crippen LogP contribution >= 0.6 is 0 Å². The normalized spacial score (nSPS) is 10.6. The van der Waals surface area contributed by atoms with Gasteiger partial charge in [-0.25, -0.2) is 4.68 Å². The summed E-state index contributed by atoms with van der Waals surface area (Å²) >= 11 is 0. The highest BCUT2D eigenvalue weighted by Crippen LogP contribution is 2.25. The molecule has 0 saturated heterocycles. The zero-order valence-corrected chi connectivity index (χ0v) is 17.6. The number of amides is 1. The van der Waals surface area contributed by atoms with Gasteiger partial charge < -0.3 is 10.2 Å². The van der Waals surface area contributed by atoms with Crippen molar-refractivity contribution in [2.75, 3.05) is 18.4 Å². The van der Waals surface area contributed by atoms with Gasteiger partial charge >= 0.3 is 0 Å². The molecule has 156 valence electrons. The number of nitrogens with one attached hydrogen (secondary N) is 1. The van der Waals surface area contributed by atoms with E-state index in [0.29, 0.717) is 30.3 Å². The molecule has 31 heavy (non-hydrogen) atoms. The van der Waals surface area contributed by atoms with Crippen molar-refractivity contribution in [1.82, 2.24) is 24.9 Å². The van der Waals surface area contributed by atoms with E-state index in [2.05, 4.69) is 20.6 Å². The highest BCUT2D eigenvalue weighted by atomic mass is 16.2. The molecule has 0 bridgehead atoms. The molecule has 1 amide bonds. The van der Waals surface area contributed by atoms with E-state index in [-0.39, 0.29) is 5.91 Å². The minimum Gasteiger partial charge on any atom is -0.339 e. The van der Waals surface area contributed by atoms with Crippen molar-refractivity contribution in [2.45, 2.75) is 13.8 Å². The molecule has 1 N–H and O–H groups in total. The summed E-state index contributed by atoms with van der Waals surface area (Å²) in [7, 11) is 0. The lowest BCUT2D eigenvalue weighted by molar-refractivity contribution is 0.0774. The Labute approximate surface area is 181 Å². The molecule has 4 aromatic rings. The summed E-state index contributed by atoms with van der Waals surface area (Å²) < 4.78 is 1.71. The van der Waals surface area contributed by atoms with Gasteiger partial charge in [-0.3, -0.25) is 4.79 Å². The van der Waals surface area contributed by atoms with Gasteiger partial charge in [0.25, 0.3) is 5.91 Å². The largest absolute Gasteiger partial charge is 0.339 e. The van der Waals surface area contributed by atoms with Crippen molar-refractivity contribution in [3.63, 3.8) is 0 Å². The van der Waals surface area contributed by atoms with Crippen molar-refractivity contribution in [3.05, 3.63) is 84.6 Å². The summed E-state index contributed by atoms with van der Waals surface area (Å²) in [4.78, 5) is 14.9. The second-order valence-corrected chi connectivity index (χ2v) is 6.93. The van der Waals surface area contributed by atoms with Crippen molar-refractivity contribution in [1.29, 1.82) is 0 Å². The minimum atomic E-state index is -0.0800. The number of carbonyl (C=O) groups is 1. The van der Waals surface area contributed by atoms with Crippen molar-refractivity contribution in [3.8, 4) is 16.9 Å². The Kier molecular flexibility index (Phi) is 6.03. The first kappa shape index (κ1) is 20.3. The zero-order valence-electron chi connectivity index (χ0n) is 17.6. The first-order chi connectivity index (χ1) is 15.2. The number of hydrogen-bond donors (Lipinski definition) is 1. The summed E-state index contributed by atoms with van der Waals surface area (Å²) in [5.41, 5.74) is 3.11. The van der Waals surface area contributed by atoms with Crippen LogP contribution < -0.4 is 5.32 Å². The third-order valence-electron chi connectivity index (χ3n) is 5.03. The van der Waals surface area contributed by atoms with Crippen LogP contribution in [0.5, 0.6) is 0 Å². The second-order valence-electron chi connectivity index (χ2n) is 6.93. The molecule has 7 heteroatoms. The average molecular weight is 412 g/mol. The van der Waals surface area contributed by atoms with Crippen LogP contribution in [0.15, 0.2) is 79.0 Å². The van der Waals surface area contributed by atoms with Crippen LogP contribution in [0.4, 0.5) is 11.6 Å². The number of rotatable bonds is 7. The fraction of sp³-hybridized carbons (Fsp3) is 0.167. The Morgan fingerprint density at radius 1 is 0.903 bits per heavy atom. The molecule has 0 atom stereocenters. The first-order valence-electron chi connectivity index (χ1n) is 10.3. The van der Waals surface area contributed by atoms with Crippen molar-refractivity contribution < 1.29 is 4.79 Å². The number of hydrogen-bond acceptors (Lipinski definition) is 5. The topological polar surface area (TPSA) is 75.9 Å². The monoisotopic (exact) mass is 412 g/mol. The number of anilines is 2. The lowest BCUT2D eigenvalue weighted by Gasteiger charge is -2.19. The second kappa shape index (κ2) is 9.21. The van der Waals surface area contributed by atoms with Crippen LogP contribution in [0.25, 0.3) is 16.9 Å². The quantitative estimate of drug-likeness (QED) is 0.482. The molecule has 0 unspecified atom stereocenters. The maximum absolute atomic E-state index is 13.1. The Balaban J connectivity index is 1.70. The standard InChI is InChI=1S/C24H24N6O/c1-3-29(4-2)24(31)20-17-25-30(19-13-9-6-10-14-19)23(20)26-22-16-15-21(27-28-22)18-11-7-5-8-12-18/h5-17H,3-4H2,1-2H3,(H,26,28). The maximum Gasteiger partial charge on any atom is 0.259 e. The van der Waals surface area contributed by atoms with Gasteiger partial charge in [-0.05, 0) is 38.1 Å². The molecule has 0 aliphatic rings. The average Bonchev–Trinajstić information content (AvgIpc) is 3.25. The lowest BCUT2D eigenvalue weighted by Crippen LogP contribution is -2.30. The first-order valence-corrected chi connectivity index (χ1v) is 10.3. The Morgan fingerprint density at radius 2 is 1.58 bits per heavy atom. The molecule has 7 nitrogen and oxygen atoms in total. The molecular formula is C24H24N6O. The van der Waals surface area contributed by atoms with Gasteiger partial charge in [-0.2, -0.15) is 5.10 Å². The van der Waals surface area contributed by atoms with Gasteiger partial charge in [0.05, 0.1) is 17.6 Å². The lowest BCUT2D eigenvalue weighted by atomic mass is 10.1. The van der Waals surface area contributed by atoms with Crippen LogP contribution in [0, 0.1) is 0 Å².